The molecule has 0 aliphatic rings. The first-order valence-corrected chi connectivity index (χ1v) is 15.5. The third-order valence-corrected chi connectivity index (χ3v) is 9.22. The lowest BCUT2D eigenvalue weighted by atomic mass is 9.95. The van der Waals surface area contributed by atoms with Crippen LogP contribution in [-0.4, -0.2) is 0 Å². The maximum Gasteiger partial charge on any atom is 0.0540 e. The van der Waals surface area contributed by atoms with Crippen molar-refractivity contribution >= 4 is 70.9 Å². The van der Waals surface area contributed by atoms with Gasteiger partial charge in [-0.15, -0.1) is 0 Å². The monoisotopic (exact) mass is 571 g/mol. The van der Waals surface area contributed by atoms with Gasteiger partial charge in [0.05, 0.1) is 11.4 Å². The van der Waals surface area contributed by atoms with Gasteiger partial charge in [0.25, 0.3) is 0 Å². The van der Waals surface area contributed by atoms with Crippen molar-refractivity contribution in [3.8, 4) is 11.1 Å². The summed E-state index contributed by atoms with van der Waals surface area (Å²) in [6.07, 6.45) is 0. The molecule has 0 N–H and O–H groups in total. The number of rotatable bonds is 4. The van der Waals surface area contributed by atoms with Gasteiger partial charge in [-0.25, -0.2) is 0 Å². The molecule has 9 rings (SSSR count). The fraction of sp³-hybridized carbons (Fsp3) is 0. The molecule has 45 heavy (non-hydrogen) atoms. The first-order valence-electron chi connectivity index (χ1n) is 15.5. The molecule has 0 aromatic heterocycles. The van der Waals surface area contributed by atoms with E-state index in [1.54, 1.807) is 0 Å². The highest BCUT2D eigenvalue weighted by Crippen LogP contribution is 2.45. The van der Waals surface area contributed by atoms with Gasteiger partial charge in [-0.05, 0) is 78.3 Å². The largest absolute Gasteiger partial charge is 0.309 e. The van der Waals surface area contributed by atoms with Gasteiger partial charge in [0, 0.05) is 16.6 Å². The van der Waals surface area contributed by atoms with E-state index in [1.165, 1.54) is 65.0 Å². The Kier molecular flexibility index (Phi) is 5.89. The number of anilines is 3. The van der Waals surface area contributed by atoms with E-state index in [0.717, 1.165) is 17.1 Å². The maximum atomic E-state index is 2.45. The van der Waals surface area contributed by atoms with Crippen LogP contribution in [0, 0.1) is 0 Å². The van der Waals surface area contributed by atoms with Crippen molar-refractivity contribution in [2.24, 2.45) is 0 Å². The van der Waals surface area contributed by atoms with Crippen LogP contribution in [0.1, 0.15) is 0 Å². The third-order valence-electron chi connectivity index (χ3n) is 9.22. The van der Waals surface area contributed by atoms with Gasteiger partial charge in [-0.1, -0.05) is 152 Å². The highest BCUT2D eigenvalue weighted by atomic mass is 15.1. The van der Waals surface area contributed by atoms with E-state index < -0.39 is 0 Å². The summed E-state index contributed by atoms with van der Waals surface area (Å²) in [5.41, 5.74) is 5.83. The normalized spacial score (nSPS) is 11.6. The second kappa shape index (κ2) is 10.4. The molecule has 9 aromatic rings. The number of fused-ring (bicyclic) bond motifs is 8. The van der Waals surface area contributed by atoms with Crippen LogP contribution in [0.3, 0.4) is 0 Å². The molecule has 0 radical (unpaired) electrons. The molecule has 0 aliphatic carbocycles. The Bertz CT molecular complexity index is 2550. The van der Waals surface area contributed by atoms with Crippen LogP contribution in [0.2, 0.25) is 0 Å². The van der Waals surface area contributed by atoms with E-state index in [4.69, 9.17) is 0 Å². The van der Waals surface area contributed by atoms with Crippen LogP contribution < -0.4 is 4.90 Å². The Morgan fingerprint density at radius 2 is 0.800 bits per heavy atom. The fourth-order valence-electron chi connectivity index (χ4n) is 7.11. The fourth-order valence-corrected chi connectivity index (χ4v) is 7.11. The minimum Gasteiger partial charge on any atom is -0.309 e. The predicted molar refractivity (Wildman–Crippen MR) is 194 cm³/mol. The molecule has 0 bridgehead atoms. The molecule has 0 unspecified atom stereocenters. The smallest absolute Gasteiger partial charge is 0.0540 e. The van der Waals surface area contributed by atoms with Crippen LogP contribution in [0.4, 0.5) is 17.1 Å². The molecule has 0 fully saturated rings. The lowest BCUT2D eigenvalue weighted by Crippen LogP contribution is -2.11. The zero-order valence-electron chi connectivity index (χ0n) is 24.7. The SMILES string of the molecule is c1ccc(-c2ccccc2N(c2ccc3c(ccc4ccccc43)c2)c2cccc3c2ccc2c4ccccc4ccc32)cc1. The summed E-state index contributed by atoms with van der Waals surface area (Å²) in [6.45, 7) is 0. The summed E-state index contributed by atoms with van der Waals surface area (Å²) in [4.78, 5) is 2.45. The molecule has 0 saturated carbocycles. The minimum atomic E-state index is 1.13. The lowest BCUT2D eigenvalue weighted by Gasteiger charge is -2.29. The van der Waals surface area contributed by atoms with Gasteiger partial charge in [0.15, 0.2) is 0 Å². The third kappa shape index (κ3) is 4.17. The van der Waals surface area contributed by atoms with E-state index in [0.29, 0.717) is 0 Å². The van der Waals surface area contributed by atoms with Crippen LogP contribution >= 0.6 is 0 Å². The van der Waals surface area contributed by atoms with E-state index in [9.17, 15) is 0 Å². The second-order valence-corrected chi connectivity index (χ2v) is 11.7. The molecule has 0 atom stereocenters. The van der Waals surface area contributed by atoms with Gasteiger partial charge >= 0.3 is 0 Å². The summed E-state index contributed by atoms with van der Waals surface area (Å²) < 4.78 is 0. The molecule has 0 heterocycles. The van der Waals surface area contributed by atoms with Crippen molar-refractivity contribution in [3.05, 3.63) is 176 Å². The Morgan fingerprint density at radius 3 is 1.64 bits per heavy atom. The van der Waals surface area contributed by atoms with Crippen LogP contribution in [0.5, 0.6) is 0 Å². The van der Waals surface area contributed by atoms with E-state index in [-0.39, 0.29) is 0 Å². The predicted octanol–water partition coefficient (Wildman–Crippen LogP) is 12.6. The molecular weight excluding hydrogens is 542 g/mol. The lowest BCUT2D eigenvalue weighted by molar-refractivity contribution is 1.30. The van der Waals surface area contributed by atoms with Crippen molar-refractivity contribution in [2.45, 2.75) is 0 Å². The van der Waals surface area contributed by atoms with Crippen LogP contribution in [0.25, 0.3) is 65.0 Å². The summed E-state index contributed by atoms with van der Waals surface area (Å²) in [6, 6.07) is 64.1. The molecular formula is C44H29N. The molecule has 210 valence electrons. The first kappa shape index (κ1) is 25.6. The number of nitrogens with zero attached hydrogens (tertiary/aromatic N) is 1. The van der Waals surface area contributed by atoms with Crippen molar-refractivity contribution in [1.82, 2.24) is 0 Å². The highest BCUT2D eigenvalue weighted by Gasteiger charge is 2.20. The number of hydrogen-bond acceptors (Lipinski definition) is 1. The molecule has 1 nitrogen and oxygen atoms in total. The molecule has 1 heteroatoms. The maximum absolute atomic E-state index is 2.45. The van der Waals surface area contributed by atoms with Crippen LogP contribution in [0.15, 0.2) is 176 Å². The van der Waals surface area contributed by atoms with Gasteiger partial charge in [0.1, 0.15) is 0 Å². The van der Waals surface area contributed by atoms with Crippen molar-refractivity contribution in [3.63, 3.8) is 0 Å². The molecule has 9 aromatic carbocycles. The molecule has 0 spiro atoms. The summed E-state index contributed by atoms with van der Waals surface area (Å²) in [7, 11) is 0. The molecule has 0 aliphatic heterocycles. The van der Waals surface area contributed by atoms with Gasteiger partial charge in [0.2, 0.25) is 0 Å². The highest BCUT2D eigenvalue weighted by molar-refractivity contribution is 6.20. The van der Waals surface area contributed by atoms with Crippen LogP contribution in [-0.2, 0) is 0 Å². The quantitative estimate of drug-likeness (QED) is 0.190. The van der Waals surface area contributed by atoms with Crippen molar-refractivity contribution < 1.29 is 0 Å². The number of benzene rings is 9. The van der Waals surface area contributed by atoms with Crippen molar-refractivity contribution in [1.29, 1.82) is 0 Å². The number of hydrogen-bond donors (Lipinski definition) is 0. The standard InChI is InChI=1S/C44H29N/c1-2-11-30(12-3-1)38-17-8-9-19-43(38)45(34-24-26-37-33(29-34)22-21-31-13-4-6-15-35(31)37)44-20-10-18-39-41-25-23-32-14-5-7-16-36(32)40(41)27-28-42(39)44/h1-29H. The first-order chi connectivity index (χ1) is 22.3. The van der Waals surface area contributed by atoms with E-state index >= 15 is 0 Å². The Balaban J connectivity index is 1.34. The van der Waals surface area contributed by atoms with Gasteiger partial charge in [-0.3, -0.25) is 0 Å². The Labute approximate surface area is 262 Å². The summed E-state index contributed by atoms with van der Waals surface area (Å²) in [5, 5.41) is 12.6. The van der Waals surface area contributed by atoms with Gasteiger partial charge < -0.3 is 4.90 Å². The zero-order chi connectivity index (χ0) is 29.7. The average molecular weight is 572 g/mol. The van der Waals surface area contributed by atoms with Gasteiger partial charge in [-0.2, -0.15) is 0 Å². The van der Waals surface area contributed by atoms with E-state index in [2.05, 4.69) is 181 Å². The average Bonchev–Trinajstić information content (AvgIpc) is 3.12. The molecule has 0 amide bonds. The van der Waals surface area contributed by atoms with E-state index in [1.807, 2.05) is 0 Å². The topological polar surface area (TPSA) is 3.24 Å². The summed E-state index contributed by atoms with van der Waals surface area (Å²) >= 11 is 0. The summed E-state index contributed by atoms with van der Waals surface area (Å²) in [5.74, 6) is 0. The second-order valence-electron chi connectivity index (χ2n) is 11.7. The Hall–Kier alpha value is -5.92. The Morgan fingerprint density at radius 1 is 0.289 bits per heavy atom. The molecule has 0 saturated heterocycles. The minimum absolute atomic E-state index is 1.13. The zero-order valence-corrected chi connectivity index (χ0v) is 24.7. The number of para-hydroxylation sites is 1. The van der Waals surface area contributed by atoms with Crippen molar-refractivity contribution in [2.75, 3.05) is 4.90 Å².